The Hall–Kier alpha value is -1.95. The SMILES string of the molecule is Cn1ccnc1SCCOc1ccc(C(=N)N)cc1. The lowest BCUT2D eigenvalue weighted by Gasteiger charge is -2.06. The molecule has 0 bridgehead atoms. The number of nitrogens with zero attached hydrogens (tertiary/aromatic N) is 2. The highest BCUT2D eigenvalue weighted by atomic mass is 32.2. The van der Waals surface area contributed by atoms with E-state index in [4.69, 9.17) is 15.9 Å². The molecule has 1 aromatic heterocycles. The molecule has 0 aliphatic carbocycles. The highest BCUT2D eigenvalue weighted by molar-refractivity contribution is 7.99. The number of nitrogen functional groups attached to an aromatic ring is 1. The van der Waals surface area contributed by atoms with Gasteiger partial charge in [-0.2, -0.15) is 0 Å². The average Bonchev–Trinajstić information content (AvgIpc) is 2.81. The van der Waals surface area contributed by atoms with Crippen molar-refractivity contribution in [2.75, 3.05) is 12.4 Å². The molecular weight excluding hydrogens is 260 g/mol. The Morgan fingerprint density at radius 3 is 2.74 bits per heavy atom. The molecule has 1 heterocycles. The van der Waals surface area contributed by atoms with Crippen molar-refractivity contribution in [1.29, 1.82) is 5.41 Å². The van der Waals surface area contributed by atoms with Gasteiger partial charge in [-0.15, -0.1) is 0 Å². The van der Waals surface area contributed by atoms with Crippen LogP contribution in [0.4, 0.5) is 0 Å². The van der Waals surface area contributed by atoms with E-state index in [2.05, 4.69) is 4.98 Å². The summed E-state index contributed by atoms with van der Waals surface area (Å²) in [5.74, 6) is 1.68. The van der Waals surface area contributed by atoms with Gasteiger partial charge >= 0.3 is 0 Å². The average molecular weight is 276 g/mol. The van der Waals surface area contributed by atoms with Crippen LogP contribution in [-0.4, -0.2) is 27.7 Å². The number of nitrogens with two attached hydrogens (primary N) is 1. The molecule has 2 aromatic rings. The number of hydrogen-bond acceptors (Lipinski definition) is 4. The molecule has 0 aliphatic rings. The molecule has 0 saturated heterocycles. The van der Waals surface area contributed by atoms with Gasteiger partial charge in [-0.1, -0.05) is 11.8 Å². The van der Waals surface area contributed by atoms with E-state index >= 15 is 0 Å². The van der Waals surface area contributed by atoms with Crippen LogP contribution < -0.4 is 10.5 Å². The number of thioether (sulfide) groups is 1. The number of amidine groups is 1. The second-order valence-corrected chi connectivity index (χ2v) is 5.02. The first kappa shape index (κ1) is 13.5. The highest BCUT2D eigenvalue weighted by Gasteiger charge is 2.01. The molecule has 5 nitrogen and oxygen atoms in total. The van der Waals surface area contributed by atoms with E-state index in [-0.39, 0.29) is 5.84 Å². The normalized spacial score (nSPS) is 10.4. The van der Waals surface area contributed by atoms with Gasteiger partial charge in [0.15, 0.2) is 5.16 Å². The van der Waals surface area contributed by atoms with E-state index in [1.165, 1.54) is 0 Å². The van der Waals surface area contributed by atoms with E-state index < -0.39 is 0 Å². The number of ether oxygens (including phenoxy) is 1. The topological polar surface area (TPSA) is 76.9 Å². The van der Waals surface area contributed by atoms with Gasteiger partial charge in [0.05, 0.1) is 6.61 Å². The predicted molar refractivity (Wildman–Crippen MR) is 76.9 cm³/mol. The number of imidazole rings is 1. The van der Waals surface area contributed by atoms with Crippen LogP contribution in [0, 0.1) is 5.41 Å². The van der Waals surface area contributed by atoms with Gasteiger partial charge in [0, 0.05) is 30.8 Å². The minimum Gasteiger partial charge on any atom is -0.493 e. The lowest BCUT2D eigenvalue weighted by atomic mass is 10.2. The number of hydrogen-bond donors (Lipinski definition) is 2. The van der Waals surface area contributed by atoms with Crippen molar-refractivity contribution >= 4 is 17.6 Å². The first-order valence-electron chi connectivity index (χ1n) is 5.84. The van der Waals surface area contributed by atoms with E-state index in [1.807, 2.05) is 29.9 Å². The van der Waals surface area contributed by atoms with Gasteiger partial charge in [-0.25, -0.2) is 4.98 Å². The maximum atomic E-state index is 7.30. The molecule has 3 N–H and O–H groups in total. The first-order chi connectivity index (χ1) is 9.16. The van der Waals surface area contributed by atoms with Gasteiger partial charge in [0.1, 0.15) is 11.6 Å². The fourth-order valence-electron chi connectivity index (χ4n) is 1.51. The molecular formula is C13H16N4OS. The maximum Gasteiger partial charge on any atom is 0.167 e. The van der Waals surface area contributed by atoms with Crippen molar-refractivity contribution in [2.45, 2.75) is 5.16 Å². The minimum atomic E-state index is 0.0666. The maximum absolute atomic E-state index is 7.30. The third-order valence-electron chi connectivity index (χ3n) is 2.53. The standard InChI is InChI=1S/C13H16N4OS/c1-17-7-6-16-13(17)19-9-8-18-11-4-2-10(3-5-11)12(14)15/h2-7H,8-9H2,1H3,(H3,14,15). The summed E-state index contributed by atoms with van der Waals surface area (Å²) in [6.07, 6.45) is 3.70. The first-order valence-corrected chi connectivity index (χ1v) is 6.83. The lowest BCUT2D eigenvalue weighted by Crippen LogP contribution is -2.10. The Labute approximate surface area is 116 Å². The van der Waals surface area contributed by atoms with Gasteiger partial charge in [0.2, 0.25) is 0 Å². The smallest absolute Gasteiger partial charge is 0.167 e. The van der Waals surface area contributed by atoms with Crippen LogP contribution in [0.1, 0.15) is 5.56 Å². The van der Waals surface area contributed by atoms with Gasteiger partial charge < -0.3 is 15.0 Å². The molecule has 0 atom stereocenters. The number of aromatic nitrogens is 2. The molecule has 6 heteroatoms. The van der Waals surface area contributed by atoms with E-state index in [0.717, 1.165) is 16.7 Å². The Kier molecular flexibility index (Phi) is 4.46. The fraction of sp³-hybridized carbons (Fsp3) is 0.231. The lowest BCUT2D eigenvalue weighted by molar-refractivity contribution is 0.344. The van der Waals surface area contributed by atoms with Crippen molar-refractivity contribution < 1.29 is 4.74 Å². The zero-order valence-electron chi connectivity index (χ0n) is 10.7. The van der Waals surface area contributed by atoms with Crippen molar-refractivity contribution in [3.63, 3.8) is 0 Å². The second-order valence-electron chi connectivity index (χ2n) is 3.96. The van der Waals surface area contributed by atoms with E-state index in [1.54, 1.807) is 30.1 Å². The number of aryl methyl sites for hydroxylation is 1. The predicted octanol–water partition coefficient (Wildman–Crippen LogP) is 1.88. The molecule has 0 radical (unpaired) electrons. The Bertz CT molecular complexity index is 550. The van der Waals surface area contributed by atoms with Crippen molar-refractivity contribution in [2.24, 2.45) is 12.8 Å². The van der Waals surface area contributed by atoms with Gasteiger partial charge in [0.25, 0.3) is 0 Å². The van der Waals surface area contributed by atoms with Crippen molar-refractivity contribution in [1.82, 2.24) is 9.55 Å². The van der Waals surface area contributed by atoms with Gasteiger partial charge in [-0.05, 0) is 24.3 Å². The van der Waals surface area contributed by atoms with Crippen LogP contribution in [0.15, 0.2) is 41.8 Å². The monoisotopic (exact) mass is 276 g/mol. The van der Waals surface area contributed by atoms with Crippen LogP contribution >= 0.6 is 11.8 Å². The molecule has 0 unspecified atom stereocenters. The van der Waals surface area contributed by atoms with Crippen LogP contribution in [0.2, 0.25) is 0 Å². The fourth-order valence-corrected chi connectivity index (χ4v) is 2.26. The molecule has 0 spiro atoms. The van der Waals surface area contributed by atoms with E-state index in [9.17, 15) is 0 Å². The molecule has 0 saturated carbocycles. The summed E-state index contributed by atoms with van der Waals surface area (Å²) in [6, 6.07) is 7.21. The molecule has 1 aromatic carbocycles. The Morgan fingerprint density at radius 1 is 1.42 bits per heavy atom. The van der Waals surface area contributed by atoms with Crippen molar-refractivity contribution in [3.05, 3.63) is 42.2 Å². The third kappa shape index (κ3) is 3.75. The van der Waals surface area contributed by atoms with Gasteiger partial charge in [-0.3, -0.25) is 5.41 Å². The summed E-state index contributed by atoms with van der Waals surface area (Å²) in [4.78, 5) is 4.22. The summed E-state index contributed by atoms with van der Waals surface area (Å²) in [7, 11) is 1.97. The molecule has 0 aliphatic heterocycles. The molecule has 2 rings (SSSR count). The number of benzene rings is 1. The second kappa shape index (κ2) is 6.29. The highest BCUT2D eigenvalue weighted by Crippen LogP contribution is 2.16. The zero-order chi connectivity index (χ0) is 13.7. The quantitative estimate of drug-likeness (QED) is 0.365. The van der Waals surface area contributed by atoms with Crippen LogP contribution in [0.3, 0.4) is 0 Å². The number of rotatable bonds is 6. The third-order valence-corrected chi connectivity index (χ3v) is 3.55. The van der Waals surface area contributed by atoms with E-state index in [0.29, 0.717) is 12.2 Å². The van der Waals surface area contributed by atoms with Crippen LogP contribution in [-0.2, 0) is 7.05 Å². The summed E-state index contributed by atoms with van der Waals surface area (Å²) in [6.45, 7) is 0.608. The summed E-state index contributed by atoms with van der Waals surface area (Å²) in [5.41, 5.74) is 6.09. The minimum absolute atomic E-state index is 0.0666. The molecule has 0 amide bonds. The van der Waals surface area contributed by atoms with Crippen molar-refractivity contribution in [3.8, 4) is 5.75 Å². The zero-order valence-corrected chi connectivity index (χ0v) is 11.5. The molecule has 100 valence electrons. The Morgan fingerprint density at radius 2 is 2.16 bits per heavy atom. The summed E-state index contributed by atoms with van der Waals surface area (Å²) >= 11 is 1.65. The largest absolute Gasteiger partial charge is 0.493 e. The summed E-state index contributed by atoms with van der Waals surface area (Å²) < 4.78 is 7.59. The summed E-state index contributed by atoms with van der Waals surface area (Å²) in [5, 5.41) is 8.28. The number of nitrogens with one attached hydrogen (secondary N) is 1. The van der Waals surface area contributed by atoms with Crippen LogP contribution in [0.25, 0.3) is 0 Å². The Balaban J connectivity index is 1.76. The molecule has 19 heavy (non-hydrogen) atoms. The molecule has 0 fully saturated rings. The van der Waals surface area contributed by atoms with Crippen LogP contribution in [0.5, 0.6) is 5.75 Å².